The molecule has 0 saturated carbocycles. The molecule has 0 aliphatic carbocycles. The maximum atomic E-state index is 5.75. The largest absolute Gasteiger partial charge is 0.494 e. The van der Waals surface area contributed by atoms with Crippen molar-refractivity contribution in [2.75, 3.05) is 11.0 Å². The smallest absolute Gasteiger partial charge is 0.167 e. The maximum Gasteiger partial charge on any atom is 0.167 e. The molecule has 0 radical (unpaired) electrons. The van der Waals surface area contributed by atoms with Crippen LogP contribution in [0.3, 0.4) is 0 Å². The molecule has 1 heterocycles. The van der Waals surface area contributed by atoms with E-state index in [0.717, 1.165) is 41.4 Å². The van der Waals surface area contributed by atoms with E-state index >= 15 is 0 Å². The summed E-state index contributed by atoms with van der Waals surface area (Å²) in [6.45, 7) is 5.15. The van der Waals surface area contributed by atoms with Gasteiger partial charge in [0, 0.05) is 17.2 Å². The van der Waals surface area contributed by atoms with E-state index in [-0.39, 0.29) is 0 Å². The molecule has 4 heteroatoms. The van der Waals surface area contributed by atoms with E-state index in [4.69, 9.17) is 9.26 Å². The third-order valence-electron chi connectivity index (χ3n) is 4.32. The summed E-state index contributed by atoms with van der Waals surface area (Å²) >= 11 is 2.39. The van der Waals surface area contributed by atoms with Crippen molar-refractivity contribution in [3.63, 3.8) is 0 Å². The first-order chi connectivity index (χ1) is 12.7. The van der Waals surface area contributed by atoms with E-state index in [2.05, 4.69) is 65.9 Å². The molecule has 0 unspecified atom stereocenters. The highest BCUT2D eigenvalue weighted by atomic mass is 127. The number of benzene rings is 2. The van der Waals surface area contributed by atoms with Crippen LogP contribution in [0, 0.1) is 0 Å². The van der Waals surface area contributed by atoms with Crippen LogP contribution in [0.15, 0.2) is 59.1 Å². The molecule has 26 heavy (non-hydrogen) atoms. The van der Waals surface area contributed by atoms with E-state index < -0.39 is 0 Å². The van der Waals surface area contributed by atoms with E-state index in [9.17, 15) is 0 Å². The Hall–Kier alpha value is -1.82. The molecule has 1 aromatic heterocycles. The zero-order valence-corrected chi connectivity index (χ0v) is 17.4. The van der Waals surface area contributed by atoms with Crippen LogP contribution >= 0.6 is 22.6 Å². The van der Waals surface area contributed by atoms with E-state index in [1.165, 1.54) is 16.4 Å². The molecule has 3 nitrogen and oxygen atoms in total. The van der Waals surface area contributed by atoms with Gasteiger partial charge in [0.15, 0.2) is 5.76 Å². The van der Waals surface area contributed by atoms with Gasteiger partial charge in [0.05, 0.1) is 6.61 Å². The zero-order chi connectivity index (χ0) is 18.4. The summed E-state index contributed by atoms with van der Waals surface area (Å²) in [6, 6.07) is 18.5. The SMILES string of the molecule is CC(C)c1ccc(-c2cc(-c3ccc(OCCCCI)cc3)on2)cc1. The Kier molecular flexibility index (Phi) is 6.72. The molecule has 0 aliphatic rings. The number of alkyl halides is 1. The molecule has 0 fully saturated rings. The van der Waals surface area contributed by atoms with Gasteiger partial charge < -0.3 is 9.26 Å². The van der Waals surface area contributed by atoms with Crippen LogP contribution in [0.25, 0.3) is 22.6 Å². The van der Waals surface area contributed by atoms with Crippen LogP contribution < -0.4 is 4.74 Å². The first kappa shape index (κ1) is 19.0. The fourth-order valence-electron chi connectivity index (χ4n) is 2.69. The Morgan fingerprint density at radius 3 is 2.31 bits per heavy atom. The minimum absolute atomic E-state index is 0.527. The maximum absolute atomic E-state index is 5.75. The molecule has 0 atom stereocenters. The number of ether oxygens (including phenoxy) is 1. The standard InChI is InChI=1S/C22H24INO2/c1-16(2)17-5-7-18(8-6-17)21-15-22(26-24-21)19-9-11-20(12-10-19)25-14-4-3-13-23/h5-12,15-16H,3-4,13-14H2,1-2H3. The first-order valence-corrected chi connectivity index (χ1v) is 10.6. The summed E-state index contributed by atoms with van der Waals surface area (Å²) in [5.41, 5.74) is 4.25. The molecule has 0 saturated heterocycles. The van der Waals surface area contributed by atoms with Gasteiger partial charge in [-0.3, -0.25) is 0 Å². The molecule has 0 N–H and O–H groups in total. The number of nitrogens with zero attached hydrogens (tertiary/aromatic N) is 1. The molecular formula is C22H24INO2. The Bertz CT molecular complexity index is 807. The van der Waals surface area contributed by atoms with Crippen molar-refractivity contribution in [2.24, 2.45) is 0 Å². The molecular weight excluding hydrogens is 437 g/mol. The van der Waals surface area contributed by atoms with Crippen LogP contribution in [0.5, 0.6) is 5.75 Å². The van der Waals surface area contributed by atoms with Gasteiger partial charge in [-0.05, 0) is 53.0 Å². The topological polar surface area (TPSA) is 35.3 Å². The van der Waals surface area contributed by atoms with E-state index in [1.807, 2.05) is 30.3 Å². The van der Waals surface area contributed by atoms with Crippen molar-refractivity contribution >= 4 is 22.6 Å². The van der Waals surface area contributed by atoms with Crippen molar-refractivity contribution in [1.82, 2.24) is 5.16 Å². The minimum Gasteiger partial charge on any atom is -0.494 e. The fourth-order valence-corrected chi connectivity index (χ4v) is 3.23. The van der Waals surface area contributed by atoms with Gasteiger partial charge >= 0.3 is 0 Å². The predicted molar refractivity (Wildman–Crippen MR) is 115 cm³/mol. The number of rotatable bonds is 8. The van der Waals surface area contributed by atoms with Gasteiger partial charge in [0.25, 0.3) is 0 Å². The lowest BCUT2D eigenvalue weighted by Crippen LogP contribution is -1.97. The third-order valence-corrected chi connectivity index (χ3v) is 5.08. The number of unbranched alkanes of at least 4 members (excludes halogenated alkanes) is 1. The van der Waals surface area contributed by atoms with Gasteiger partial charge in [-0.1, -0.05) is 65.9 Å². The van der Waals surface area contributed by atoms with Gasteiger partial charge in [-0.2, -0.15) is 0 Å². The quantitative estimate of drug-likeness (QED) is 0.212. The minimum atomic E-state index is 0.527. The first-order valence-electron chi connectivity index (χ1n) is 9.03. The Morgan fingerprint density at radius 1 is 0.962 bits per heavy atom. The van der Waals surface area contributed by atoms with Crippen LogP contribution in [0.1, 0.15) is 38.2 Å². The Morgan fingerprint density at radius 2 is 1.65 bits per heavy atom. The highest BCUT2D eigenvalue weighted by molar-refractivity contribution is 14.1. The van der Waals surface area contributed by atoms with E-state index in [0.29, 0.717) is 5.92 Å². The zero-order valence-electron chi connectivity index (χ0n) is 15.2. The average molecular weight is 461 g/mol. The van der Waals surface area contributed by atoms with Crippen molar-refractivity contribution in [1.29, 1.82) is 0 Å². The molecule has 0 bridgehead atoms. The van der Waals surface area contributed by atoms with Gasteiger partial charge in [0.1, 0.15) is 11.4 Å². The normalized spacial score (nSPS) is 11.1. The molecule has 2 aromatic carbocycles. The molecule has 0 spiro atoms. The molecule has 3 aromatic rings. The highest BCUT2D eigenvalue weighted by Gasteiger charge is 2.09. The second-order valence-corrected chi connectivity index (χ2v) is 7.70. The van der Waals surface area contributed by atoms with Crippen molar-refractivity contribution < 1.29 is 9.26 Å². The average Bonchev–Trinajstić information content (AvgIpc) is 3.16. The lowest BCUT2D eigenvalue weighted by Gasteiger charge is -2.05. The lowest BCUT2D eigenvalue weighted by molar-refractivity contribution is 0.310. The molecule has 0 aliphatic heterocycles. The second-order valence-electron chi connectivity index (χ2n) is 6.62. The lowest BCUT2D eigenvalue weighted by atomic mass is 10.0. The van der Waals surface area contributed by atoms with Crippen LogP contribution in [-0.4, -0.2) is 16.2 Å². The molecule has 0 amide bonds. The van der Waals surface area contributed by atoms with Crippen LogP contribution in [-0.2, 0) is 0 Å². The number of hydrogen-bond donors (Lipinski definition) is 0. The summed E-state index contributed by atoms with van der Waals surface area (Å²) < 4.78 is 12.5. The summed E-state index contributed by atoms with van der Waals surface area (Å²) in [6.07, 6.45) is 2.28. The van der Waals surface area contributed by atoms with Crippen molar-refractivity contribution in [3.8, 4) is 28.3 Å². The summed E-state index contributed by atoms with van der Waals surface area (Å²) in [7, 11) is 0. The van der Waals surface area contributed by atoms with Crippen LogP contribution in [0.4, 0.5) is 0 Å². The van der Waals surface area contributed by atoms with Crippen molar-refractivity contribution in [2.45, 2.75) is 32.6 Å². The van der Waals surface area contributed by atoms with Gasteiger partial charge in [0.2, 0.25) is 0 Å². The summed E-state index contributed by atoms with van der Waals surface area (Å²) in [4.78, 5) is 0. The van der Waals surface area contributed by atoms with Gasteiger partial charge in [-0.25, -0.2) is 0 Å². The Balaban J connectivity index is 1.67. The summed E-state index contributed by atoms with van der Waals surface area (Å²) in [5.74, 6) is 2.19. The second kappa shape index (κ2) is 9.21. The predicted octanol–water partition coefficient (Wildman–Crippen LogP) is 6.73. The van der Waals surface area contributed by atoms with Gasteiger partial charge in [-0.15, -0.1) is 0 Å². The Labute approximate surface area is 168 Å². The fraction of sp³-hybridized carbons (Fsp3) is 0.318. The number of halogens is 1. The summed E-state index contributed by atoms with van der Waals surface area (Å²) in [5, 5.41) is 4.22. The number of aromatic nitrogens is 1. The third kappa shape index (κ3) is 4.87. The van der Waals surface area contributed by atoms with E-state index in [1.54, 1.807) is 0 Å². The van der Waals surface area contributed by atoms with Crippen molar-refractivity contribution in [3.05, 3.63) is 60.2 Å². The monoisotopic (exact) mass is 461 g/mol. The molecule has 136 valence electrons. The van der Waals surface area contributed by atoms with Crippen LogP contribution in [0.2, 0.25) is 0 Å². The molecule has 3 rings (SSSR count). The number of hydrogen-bond acceptors (Lipinski definition) is 3. The highest BCUT2D eigenvalue weighted by Crippen LogP contribution is 2.28.